The number of aromatic nitrogens is 2. The molecule has 1 fully saturated rings. The lowest BCUT2D eigenvalue weighted by molar-refractivity contribution is 0.0739. The molecule has 1 aliphatic rings. The van der Waals surface area contributed by atoms with Crippen LogP contribution in [0, 0.1) is 0 Å². The number of amides is 1. The van der Waals surface area contributed by atoms with E-state index in [1.807, 2.05) is 4.90 Å². The minimum absolute atomic E-state index is 0.0136. The molecule has 0 atom stereocenters. The Labute approximate surface area is 104 Å². The summed E-state index contributed by atoms with van der Waals surface area (Å²) in [5.41, 5.74) is 0. The summed E-state index contributed by atoms with van der Waals surface area (Å²) >= 11 is 6.84. The van der Waals surface area contributed by atoms with E-state index in [0.717, 1.165) is 43.6 Å². The molecule has 88 valence electrons. The van der Waals surface area contributed by atoms with Gasteiger partial charge in [-0.25, -0.2) is 0 Å². The van der Waals surface area contributed by atoms with Crippen molar-refractivity contribution in [2.75, 3.05) is 6.54 Å². The van der Waals surface area contributed by atoms with E-state index >= 15 is 0 Å². The second-order valence-corrected chi connectivity index (χ2v) is 5.50. The first kappa shape index (κ1) is 11.8. The molecule has 0 aliphatic heterocycles. The number of carbonyl (C=O) groups excluding carboxylic acids is 1. The molecule has 0 radical (unpaired) electrons. The zero-order chi connectivity index (χ0) is 11.5. The van der Waals surface area contributed by atoms with Gasteiger partial charge in [0.15, 0.2) is 0 Å². The Morgan fingerprint density at radius 3 is 2.81 bits per heavy atom. The van der Waals surface area contributed by atoms with Gasteiger partial charge in [0.1, 0.15) is 0 Å². The average Bonchev–Trinajstić information content (AvgIpc) is 3.01. The van der Waals surface area contributed by atoms with Gasteiger partial charge in [-0.3, -0.25) is 4.79 Å². The van der Waals surface area contributed by atoms with Crippen LogP contribution in [-0.4, -0.2) is 33.6 Å². The van der Waals surface area contributed by atoms with E-state index in [2.05, 4.69) is 17.1 Å². The summed E-state index contributed by atoms with van der Waals surface area (Å²) in [7, 11) is 0. The summed E-state index contributed by atoms with van der Waals surface area (Å²) in [5, 5.41) is 7.88. The second-order valence-electron chi connectivity index (χ2n) is 3.94. The fourth-order valence-corrected chi connectivity index (χ4v) is 2.36. The molecule has 2 rings (SSSR count). The van der Waals surface area contributed by atoms with Crippen molar-refractivity contribution in [1.82, 2.24) is 15.1 Å². The minimum atomic E-state index is -0.0136. The van der Waals surface area contributed by atoms with E-state index in [4.69, 9.17) is 11.6 Å². The van der Waals surface area contributed by atoms with E-state index in [0.29, 0.717) is 15.5 Å². The van der Waals surface area contributed by atoms with Crippen LogP contribution < -0.4 is 0 Å². The summed E-state index contributed by atoms with van der Waals surface area (Å²) in [6.45, 7) is 2.94. The number of hydrogen-bond acceptors (Lipinski definition) is 4. The van der Waals surface area contributed by atoms with E-state index in [1.54, 1.807) is 0 Å². The van der Waals surface area contributed by atoms with Gasteiger partial charge >= 0.3 is 0 Å². The lowest BCUT2D eigenvalue weighted by Crippen LogP contribution is -2.33. The summed E-state index contributed by atoms with van der Waals surface area (Å²) in [6, 6.07) is 0.418. The number of unbranched alkanes of at least 4 members (excludes halogenated alkanes) is 1. The Morgan fingerprint density at radius 2 is 2.31 bits per heavy atom. The van der Waals surface area contributed by atoms with E-state index in [-0.39, 0.29) is 5.91 Å². The number of carbonyl (C=O) groups is 1. The second kappa shape index (κ2) is 5.10. The topological polar surface area (TPSA) is 46.1 Å². The van der Waals surface area contributed by atoms with Crippen LogP contribution in [0.15, 0.2) is 0 Å². The Bertz CT molecular complexity index is 378. The van der Waals surface area contributed by atoms with Crippen molar-refractivity contribution in [3.05, 3.63) is 9.47 Å². The third kappa shape index (κ3) is 2.71. The van der Waals surface area contributed by atoms with Crippen molar-refractivity contribution in [1.29, 1.82) is 0 Å². The van der Waals surface area contributed by atoms with Gasteiger partial charge in [-0.15, -0.1) is 10.2 Å². The lowest BCUT2D eigenvalue weighted by Gasteiger charge is -2.20. The van der Waals surface area contributed by atoms with Crippen molar-refractivity contribution in [2.24, 2.45) is 0 Å². The monoisotopic (exact) mass is 259 g/mol. The molecular weight excluding hydrogens is 246 g/mol. The molecule has 0 spiro atoms. The van der Waals surface area contributed by atoms with Crippen molar-refractivity contribution < 1.29 is 4.79 Å². The first-order chi connectivity index (χ1) is 7.72. The van der Waals surface area contributed by atoms with Gasteiger partial charge in [0.05, 0.1) is 0 Å². The van der Waals surface area contributed by atoms with E-state index < -0.39 is 0 Å². The largest absolute Gasteiger partial charge is 0.334 e. The summed E-state index contributed by atoms with van der Waals surface area (Å²) in [6.07, 6.45) is 4.35. The third-order valence-corrected chi connectivity index (χ3v) is 3.59. The number of rotatable bonds is 5. The van der Waals surface area contributed by atoms with Crippen LogP contribution >= 0.6 is 22.9 Å². The molecule has 0 unspecified atom stereocenters. The molecule has 1 aromatic rings. The van der Waals surface area contributed by atoms with Crippen molar-refractivity contribution in [3.63, 3.8) is 0 Å². The number of nitrogens with zero attached hydrogens (tertiary/aromatic N) is 3. The molecule has 1 aromatic heterocycles. The first-order valence-electron chi connectivity index (χ1n) is 5.52. The lowest BCUT2D eigenvalue weighted by atomic mass is 10.3. The van der Waals surface area contributed by atoms with Crippen molar-refractivity contribution in [2.45, 2.75) is 38.6 Å². The fourth-order valence-electron chi connectivity index (χ4n) is 1.58. The van der Waals surface area contributed by atoms with E-state index in [1.165, 1.54) is 0 Å². The zero-order valence-corrected chi connectivity index (χ0v) is 10.7. The highest BCUT2D eigenvalue weighted by Crippen LogP contribution is 2.29. The average molecular weight is 260 g/mol. The standard InChI is InChI=1S/C10H14ClN3OS/c1-2-3-6-14(7-4-5-7)9(15)8-12-13-10(11)16-8/h7H,2-6H2,1H3. The molecule has 0 saturated heterocycles. The van der Waals surface area contributed by atoms with Gasteiger partial charge in [0, 0.05) is 12.6 Å². The quantitative estimate of drug-likeness (QED) is 0.817. The Kier molecular flexibility index (Phi) is 3.76. The number of halogens is 1. The predicted molar refractivity (Wildman–Crippen MR) is 63.9 cm³/mol. The van der Waals surface area contributed by atoms with Gasteiger partial charge in [0.25, 0.3) is 5.91 Å². The molecule has 0 aromatic carbocycles. The SMILES string of the molecule is CCCCN(C(=O)c1nnc(Cl)s1)C1CC1. The maximum absolute atomic E-state index is 12.1. The maximum atomic E-state index is 12.1. The molecule has 0 bridgehead atoms. The molecule has 6 heteroatoms. The van der Waals surface area contributed by atoms with Crippen LogP contribution in [0.2, 0.25) is 4.47 Å². The van der Waals surface area contributed by atoms with Gasteiger partial charge in [-0.05, 0) is 30.9 Å². The van der Waals surface area contributed by atoms with Crippen LogP contribution in [0.4, 0.5) is 0 Å². The van der Waals surface area contributed by atoms with Crippen molar-refractivity contribution in [3.8, 4) is 0 Å². The van der Waals surface area contributed by atoms with Crippen LogP contribution in [0.25, 0.3) is 0 Å². The molecule has 1 amide bonds. The normalized spacial score (nSPS) is 15.1. The molecule has 1 saturated carbocycles. The number of hydrogen-bond donors (Lipinski definition) is 0. The molecule has 4 nitrogen and oxygen atoms in total. The molecule has 1 aliphatic carbocycles. The zero-order valence-electron chi connectivity index (χ0n) is 9.15. The first-order valence-corrected chi connectivity index (χ1v) is 6.71. The third-order valence-electron chi connectivity index (χ3n) is 2.58. The van der Waals surface area contributed by atoms with Gasteiger partial charge in [0.2, 0.25) is 9.47 Å². The highest BCUT2D eigenvalue weighted by Gasteiger charge is 2.33. The minimum Gasteiger partial charge on any atom is -0.334 e. The highest BCUT2D eigenvalue weighted by atomic mass is 35.5. The molecule has 16 heavy (non-hydrogen) atoms. The fraction of sp³-hybridized carbons (Fsp3) is 0.700. The van der Waals surface area contributed by atoms with E-state index in [9.17, 15) is 4.79 Å². The van der Waals surface area contributed by atoms with Gasteiger partial charge < -0.3 is 4.90 Å². The van der Waals surface area contributed by atoms with Crippen molar-refractivity contribution >= 4 is 28.8 Å². The summed E-state index contributed by atoms with van der Waals surface area (Å²) in [5.74, 6) is -0.0136. The highest BCUT2D eigenvalue weighted by molar-refractivity contribution is 7.17. The Morgan fingerprint density at radius 1 is 1.56 bits per heavy atom. The van der Waals surface area contributed by atoms with Crippen LogP contribution in [0.5, 0.6) is 0 Å². The molecular formula is C10H14ClN3OS. The van der Waals surface area contributed by atoms with Crippen LogP contribution in [0.3, 0.4) is 0 Å². The van der Waals surface area contributed by atoms with Gasteiger partial charge in [-0.2, -0.15) is 0 Å². The maximum Gasteiger partial charge on any atom is 0.285 e. The molecule has 1 heterocycles. The predicted octanol–water partition coefficient (Wildman–Crippen LogP) is 2.60. The Hall–Kier alpha value is -0.680. The molecule has 0 N–H and O–H groups in total. The summed E-state index contributed by atoms with van der Waals surface area (Å²) in [4.78, 5) is 14.0. The van der Waals surface area contributed by atoms with Crippen LogP contribution in [0.1, 0.15) is 42.4 Å². The summed E-state index contributed by atoms with van der Waals surface area (Å²) < 4.78 is 0.328. The Balaban J connectivity index is 2.04. The smallest absolute Gasteiger partial charge is 0.285 e. The van der Waals surface area contributed by atoms with Crippen LogP contribution in [-0.2, 0) is 0 Å². The van der Waals surface area contributed by atoms with Gasteiger partial charge in [-0.1, -0.05) is 24.7 Å².